The van der Waals surface area contributed by atoms with Crippen LogP contribution in [0, 0.1) is 0 Å². The van der Waals surface area contributed by atoms with Crippen LogP contribution in [0.25, 0.3) is 5.82 Å². The molecule has 0 saturated carbocycles. The molecule has 0 unspecified atom stereocenters. The molecule has 0 aliphatic carbocycles. The smallest absolute Gasteiger partial charge is 0.373 e. The summed E-state index contributed by atoms with van der Waals surface area (Å²) < 4.78 is 40.2. The minimum atomic E-state index is -4.44. The van der Waals surface area contributed by atoms with E-state index in [4.69, 9.17) is 0 Å². The number of anilines is 1. The van der Waals surface area contributed by atoms with Gasteiger partial charge < -0.3 is 5.32 Å². The average molecular weight is 299 g/mol. The first kappa shape index (κ1) is 15.3. The quantitative estimate of drug-likeness (QED) is 0.943. The van der Waals surface area contributed by atoms with E-state index in [-0.39, 0.29) is 11.6 Å². The molecule has 21 heavy (non-hydrogen) atoms. The number of hydrogen-bond acceptors (Lipinski definition) is 4. The average Bonchev–Trinajstić information content (AvgIpc) is 2.89. The molecular weight excluding hydrogens is 283 g/mol. The van der Waals surface area contributed by atoms with Crippen LogP contribution in [-0.4, -0.2) is 26.8 Å². The van der Waals surface area contributed by atoms with E-state index in [1.165, 1.54) is 11.7 Å². The lowest BCUT2D eigenvalue weighted by Crippen LogP contribution is -2.11. The van der Waals surface area contributed by atoms with Crippen molar-refractivity contribution in [3.05, 3.63) is 29.3 Å². The van der Waals surface area contributed by atoms with Crippen molar-refractivity contribution >= 4 is 5.82 Å². The van der Waals surface area contributed by atoms with E-state index in [2.05, 4.69) is 20.4 Å². The molecular formula is C13H16F3N5. The Morgan fingerprint density at radius 3 is 2.38 bits per heavy atom. The second-order valence-corrected chi connectivity index (χ2v) is 4.41. The highest BCUT2D eigenvalue weighted by Gasteiger charge is 2.32. The van der Waals surface area contributed by atoms with Crippen LogP contribution in [-0.2, 0) is 19.0 Å². The van der Waals surface area contributed by atoms with Crippen LogP contribution in [0.15, 0.2) is 12.1 Å². The maximum absolute atomic E-state index is 13.0. The highest BCUT2D eigenvalue weighted by atomic mass is 19.4. The van der Waals surface area contributed by atoms with Gasteiger partial charge in [0, 0.05) is 19.9 Å². The summed E-state index contributed by atoms with van der Waals surface area (Å²) in [4.78, 5) is 8.42. The van der Waals surface area contributed by atoms with Crippen molar-refractivity contribution in [2.45, 2.75) is 32.9 Å². The van der Waals surface area contributed by atoms with Gasteiger partial charge in [-0.3, -0.25) is 0 Å². The summed E-state index contributed by atoms with van der Waals surface area (Å²) in [7, 11) is 1.52. The molecule has 0 bridgehead atoms. The van der Waals surface area contributed by atoms with Crippen molar-refractivity contribution in [1.82, 2.24) is 19.7 Å². The predicted octanol–water partition coefficient (Wildman–Crippen LogP) is 2.85. The molecule has 2 aromatic rings. The van der Waals surface area contributed by atoms with Crippen LogP contribution in [0.2, 0.25) is 0 Å². The van der Waals surface area contributed by atoms with Crippen LogP contribution in [0.1, 0.15) is 31.1 Å². The minimum absolute atomic E-state index is 0.109. The fourth-order valence-corrected chi connectivity index (χ4v) is 1.87. The van der Waals surface area contributed by atoms with E-state index < -0.39 is 11.7 Å². The van der Waals surface area contributed by atoms with Crippen molar-refractivity contribution < 1.29 is 13.2 Å². The molecule has 5 nitrogen and oxygen atoms in total. The molecule has 0 spiro atoms. The SMILES string of the molecule is CCc1nc(CC)n(-c2cc(C(F)(F)F)cc(NC)n2)n1. The van der Waals surface area contributed by atoms with Crippen molar-refractivity contribution in [1.29, 1.82) is 0 Å². The van der Waals surface area contributed by atoms with Crippen molar-refractivity contribution in [3.8, 4) is 5.82 Å². The van der Waals surface area contributed by atoms with E-state index in [1.54, 1.807) is 0 Å². The summed E-state index contributed by atoms with van der Waals surface area (Å²) in [6.45, 7) is 3.75. The predicted molar refractivity (Wildman–Crippen MR) is 72.5 cm³/mol. The largest absolute Gasteiger partial charge is 0.416 e. The molecule has 0 aromatic carbocycles. The van der Waals surface area contributed by atoms with Gasteiger partial charge in [0.2, 0.25) is 0 Å². The number of aromatic nitrogens is 4. The summed E-state index contributed by atoms with van der Waals surface area (Å²) >= 11 is 0. The molecule has 1 N–H and O–H groups in total. The molecule has 2 heterocycles. The number of aryl methyl sites for hydroxylation is 2. The number of halogens is 3. The maximum atomic E-state index is 13.0. The first-order valence-corrected chi connectivity index (χ1v) is 6.61. The van der Waals surface area contributed by atoms with Gasteiger partial charge >= 0.3 is 6.18 Å². The zero-order valence-corrected chi connectivity index (χ0v) is 12.0. The Hall–Kier alpha value is -2.12. The molecule has 0 fully saturated rings. The Kier molecular flexibility index (Phi) is 4.15. The zero-order valence-electron chi connectivity index (χ0n) is 12.0. The van der Waals surface area contributed by atoms with E-state index in [9.17, 15) is 13.2 Å². The molecule has 0 radical (unpaired) electrons. The molecule has 0 atom stereocenters. The van der Waals surface area contributed by atoms with Crippen molar-refractivity contribution in [3.63, 3.8) is 0 Å². The van der Waals surface area contributed by atoms with Crippen LogP contribution >= 0.6 is 0 Å². The number of pyridine rings is 1. The van der Waals surface area contributed by atoms with Gasteiger partial charge in [-0.25, -0.2) is 9.97 Å². The van der Waals surface area contributed by atoms with E-state index >= 15 is 0 Å². The third-order valence-corrected chi connectivity index (χ3v) is 2.96. The molecule has 0 amide bonds. The van der Waals surface area contributed by atoms with Crippen LogP contribution < -0.4 is 5.32 Å². The summed E-state index contributed by atoms with van der Waals surface area (Å²) in [5.41, 5.74) is -0.771. The molecule has 0 saturated heterocycles. The van der Waals surface area contributed by atoms with Gasteiger partial charge in [0.15, 0.2) is 11.6 Å². The van der Waals surface area contributed by atoms with Crippen molar-refractivity contribution in [2.75, 3.05) is 12.4 Å². The second kappa shape index (κ2) is 5.71. The van der Waals surface area contributed by atoms with Gasteiger partial charge in [-0.2, -0.15) is 17.9 Å². The standard InChI is InChI=1S/C13H16F3N5/c1-4-9-18-11(5-2)21(20-9)12-7-8(13(14,15)16)6-10(17-3)19-12/h6-7H,4-5H2,1-3H3,(H,17,19). The number of nitrogens with zero attached hydrogens (tertiary/aromatic N) is 4. The second-order valence-electron chi connectivity index (χ2n) is 4.41. The lowest BCUT2D eigenvalue weighted by molar-refractivity contribution is -0.137. The first-order chi connectivity index (χ1) is 9.88. The summed E-state index contributed by atoms with van der Waals surface area (Å²) in [6.07, 6.45) is -3.28. The molecule has 114 valence electrons. The van der Waals surface area contributed by atoms with Gasteiger partial charge in [0.25, 0.3) is 0 Å². The Labute approximate surface area is 120 Å². The Balaban J connectivity index is 2.60. The number of hydrogen-bond donors (Lipinski definition) is 1. The molecule has 0 aliphatic heterocycles. The van der Waals surface area contributed by atoms with Gasteiger partial charge in [0.05, 0.1) is 5.56 Å². The maximum Gasteiger partial charge on any atom is 0.416 e. The van der Waals surface area contributed by atoms with Crippen LogP contribution in [0.3, 0.4) is 0 Å². The molecule has 2 aromatic heterocycles. The van der Waals surface area contributed by atoms with Crippen molar-refractivity contribution in [2.24, 2.45) is 0 Å². The Morgan fingerprint density at radius 1 is 1.14 bits per heavy atom. The van der Waals surface area contributed by atoms with E-state index in [0.717, 1.165) is 12.1 Å². The fourth-order valence-electron chi connectivity index (χ4n) is 1.87. The third kappa shape index (κ3) is 3.14. The number of nitrogens with one attached hydrogen (secondary N) is 1. The highest BCUT2D eigenvalue weighted by molar-refractivity contribution is 5.44. The van der Waals surface area contributed by atoms with Gasteiger partial charge in [-0.1, -0.05) is 13.8 Å². The summed E-state index contributed by atoms with van der Waals surface area (Å²) in [6, 6.07) is 1.95. The zero-order chi connectivity index (χ0) is 15.6. The number of alkyl halides is 3. The van der Waals surface area contributed by atoms with Gasteiger partial charge in [-0.15, -0.1) is 5.10 Å². The fraction of sp³-hybridized carbons (Fsp3) is 0.462. The van der Waals surface area contributed by atoms with E-state index in [0.29, 0.717) is 24.5 Å². The molecule has 0 aliphatic rings. The normalized spacial score (nSPS) is 11.7. The van der Waals surface area contributed by atoms with Gasteiger partial charge in [0.1, 0.15) is 11.6 Å². The lowest BCUT2D eigenvalue weighted by Gasteiger charge is -2.12. The Bertz CT molecular complexity index is 633. The number of rotatable bonds is 4. The summed E-state index contributed by atoms with van der Waals surface area (Å²) in [5, 5.41) is 6.85. The van der Waals surface area contributed by atoms with Crippen LogP contribution in [0.4, 0.5) is 19.0 Å². The van der Waals surface area contributed by atoms with Gasteiger partial charge in [-0.05, 0) is 12.1 Å². The Morgan fingerprint density at radius 2 is 1.86 bits per heavy atom. The monoisotopic (exact) mass is 299 g/mol. The summed E-state index contributed by atoms with van der Waals surface area (Å²) in [5.74, 6) is 1.41. The minimum Gasteiger partial charge on any atom is -0.373 e. The topological polar surface area (TPSA) is 55.6 Å². The lowest BCUT2D eigenvalue weighted by atomic mass is 10.2. The van der Waals surface area contributed by atoms with Crippen LogP contribution in [0.5, 0.6) is 0 Å². The first-order valence-electron chi connectivity index (χ1n) is 6.61. The molecule has 2 rings (SSSR count). The third-order valence-electron chi connectivity index (χ3n) is 2.96. The molecule has 8 heteroatoms. The highest BCUT2D eigenvalue weighted by Crippen LogP contribution is 2.31. The van der Waals surface area contributed by atoms with E-state index in [1.807, 2.05) is 13.8 Å².